The molecule has 0 aliphatic carbocycles. The lowest BCUT2D eigenvalue weighted by Gasteiger charge is -2.30. The van der Waals surface area contributed by atoms with Crippen molar-refractivity contribution < 1.29 is 4.92 Å². The fraction of sp³-hybridized carbons (Fsp3) is 0.136. The normalized spacial score (nSPS) is 12.5. The van der Waals surface area contributed by atoms with Crippen molar-refractivity contribution in [3.8, 4) is 23.3 Å². The summed E-state index contributed by atoms with van der Waals surface area (Å²) >= 11 is 0. The molecule has 3 N–H and O–H groups in total. The Labute approximate surface area is 176 Å². The van der Waals surface area contributed by atoms with Gasteiger partial charge in [0.25, 0.3) is 11.2 Å². The zero-order chi connectivity index (χ0) is 22.1. The van der Waals surface area contributed by atoms with Gasteiger partial charge >= 0.3 is 0 Å². The van der Waals surface area contributed by atoms with Gasteiger partial charge in [-0.2, -0.15) is 10.5 Å². The molecule has 152 valence electrons. The van der Waals surface area contributed by atoms with Gasteiger partial charge in [-0.1, -0.05) is 30.3 Å². The highest BCUT2D eigenvalue weighted by Gasteiger charge is 2.26. The molecule has 0 radical (unpaired) electrons. The van der Waals surface area contributed by atoms with Gasteiger partial charge in [0.1, 0.15) is 34.8 Å². The van der Waals surface area contributed by atoms with E-state index >= 15 is 0 Å². The van der Waals surface area contributed by atoms with E-state index in [1.165, 1.54) is 11.6 Å². The van der Waals surface area contributed by atoms with Crippen LogP contribution in [-0.2, 0) is 13.0 Å². The molecule has 1 aliphatic rings. The predicted octanol–water partition coefficient (Wildman–Crippen LogP) is 2.84. The van der Waals surface area contributed by atoms with Gasteiger partial charge in [0.15, 0.2) is 0 Å². The Hall–Kier alpha value is -4.63. The van der Waals surface area contributed by atoms with Crippen LogP contribution in [0.4, 0.5) is 17.2 Å². The van der Waals surface area contributed by atoms with Crippen LogP contribution >= 0.6 is 0 Å². The van der Waals surface area contributed by atoms with Gasteiger partial charge < -0.3 is 15.6 Å². The molecule has 2 aromatic carbocycles. The van der Waals surface area contributed by atoms with E-state index in [0.29, 0.717) is 18.8 Å². The number of nitro groups is 1. The van der Waals surface area contributed by atoms with Gasteiger partial charge in [-0.3, -0.25) is 14.9 Å². The summed E-state index contributed by atoms with van der Waals surface area (Å²) < 4.78 is 0. The maximum atomic E-state index is 12.2. The molecule has 2 heterocycles. The number of fused-ring (bicyclic) bond motifs is 1. The van der Waals surface area contributed by atoms with Gasteiger partial charge in [0.05, 0.1) is 4.92 Å². The Morgan fingerprint density at radius 3 is 2.48 bits per heavy atom. The van der Waals surface area contributed by atoms with Crippen molar-refractivity contribution in [3.63, 3.8) is 0 Å². The van der Waals surface area contributed by atoms with Crippen molar-refractivity contribution in [1.82, 2.24) is 4.98 Å². The Kier molecular flexibility index (Phi) is 4.86. The van der Waals surface area contributed by atoms with Crippen molar-refractivity contribution >= 4 is 17.2 Å². The van der Waals surface area contributed by atoms with Crippen molar-refractivity contribution in [2.24, 2.45) is 0 Å². The van der Waals surface area contributed by atoms with Crippen LogP contribution in [0.1, 0.15) is 22.3 Å². The maximum Gasteiger partial charge on any atom is 0.293 e. The van der Waals surface area contributed by atoms with E-state index in [0.717, 1.165) is 12.0 Å². The Morgan fingerprint density at radius 1 is 1.10 bits per heavy atom. The molecule has 0 fully saturated rings. The highest BCUT2D eigenvalue weighted by molar-refractivity contribution is 5.83. The van der Waals surface area contributed by atoms with Crippen molar-refractivity contribution in [3.05, 3.63) is 85.2 Å². The predicted molar refractivity (Wildman–Crippen MR) is 114 cm³/mol. The van der Waals surface area contributed by atoms with Crippen LogP contribution in [0.3, 0.4) is 0 Å². The number of nitrogens with zero attached hydrogens (tertiary/aromatic N) is 4. The van der Waals surface area contributed by atoms with Crippen LogP contribution in [0, 0.1) is 32.8 Å². The highest BCUT2D eigenvalue weighted by atomic mass is 16.6. The summed E-state index contributed by atoms with van der Waals surface area (Å²) in [7, 11) is 0. The molecule has 0 saturated carbocycles. The molecule has 1 aromatic heterocycles. The number of nitrogen functional groups attached to an aromatic ring is 1. The third-order valence-corrected chi connectivity index (χ3v) is 5.40. The first-order chi connectivity index (χ1) is 14.9. The molecular weight excluding hydrogens is 396 g/mol. The molecule has 4 rings (SSSR count). The molecule has 9 heteroatoms. The van der Waals surface area contributed by atoms with Gasteiger partial charge in [-0.15, -0.1) is 0 Å². The van der Waals surface area contributed by atoms with Crippen LogP contribution in [0.15, 0.2) is 47.3 Å². The van der Waals surface area contributed by atoms with Gasteiger partial charge in [0.2, 0.25) is 0 Å². The second-order valence-electron chi connectivity index (χ2n) is 7.12. The minimum Gasteiger partial charge on any atom is -0.384 e. The van der Waals surface area contributed by atoms with E-state index in [-0.39, 0.29) is 33.8 Å². The maximum absolute atomic E-state index is 12.2. The van der Waals surface area contributed by atoms with E-state index in [9.17, 15) is 25.4 Å². The highest BCUT2D eigenvalue weighted by Crippen LogP contribution is 2.37. The van der Waals surface area contributed by atoms with Crippen LogP contribution in [-0.4, -0.2) is 16.5 Å². The number of aromatic nitrogens is 1. The van der Waals surface area contributed by atoms with Crippen molar-refractivity contribution in [2.45, 2.75) is 13.0 Å². The van der Waals surface area contributed by atoms with E-state index < -0.39 is 10.5 Å². The smallest absolute Gasteiger partial charge is 0.293 e. The number of nitriles is 2. The third-order valence-electron chi connectivity index (χ3n) is 5.40. The first kappa shape index (κ1) is 19.7. The number of hydrogen-bond acceptors (Lipinski definition) is 7. The second-order valence-corrected chi connectivity index (χ2v) is 7.12. The number of rotatable bonds is 3. The Balaban J connectivity index is 1.86. The molecule has 1 aliphatic heterocycles. The number of benzene rings is 2. The van der Waals surface area contributed by atoms with Crippen LogP contribution in [0.5, 0.6) is 0 Å². The topological polar surface area (TPSA) is 153 Å². The number of nitro benzene ring substituents is 1. The average molecular weight is 412 g/mol. The van der Waals surface area contributed by atoms with E-state index in [1.54, 1.807) is 18.2 Å². The lowest BCUT2D eigenvalue weighted by atomic mass is 9.95. The van der Waals surface area contributed by atoms with E-state index in [2.05, 4.69) is 4.98 Å². The van der Waals surface area contributed by atoms with Crippen LogP contribution in [0.2, 0.25) is 0 Å². The molecule has 31 heavy (non-hydrogen) atoms. The van der Waals surface area contributed by atoms with Gasteiger partial charge in [0, 0.05) is 24.7 Å². The molecular formula is C22H16N6O3. The van der Waals surface area contributed by atoms with E-state index in [4.69, 9.17) is 5.73 Å². The molecule has 0 atom stereocenters. The average Bonchev–Trinajstić information content (AvgIpc) is 2.78. The molecule has 0 saturated heterocycles. The zero-order valence-electron chi connectivity index (χ0n) is 16.3. The Morgan fingerprint density at radius 2 is 1.81 bits per heavy atom. The molecule has 3 aromatic rings. The molecule has 0 amide bonds. The summed E-state index contributed by atoms with van der Waals surface area (Å²) in [5, 5.41) is 30.8. The number of nitrogens with two attached hydrogens (primary N) is 1. The first-order valence-electron chi connectivity index (χ1n) is 9.41. The van der Waals surface area contributed by atoms with E-state index in [1.807, 2.05) is 35.2 Å². The fourth-order valence-electron chi connectivity index (χ4n) is 3.93. The lowest BCUT2D eigenvalue weighted by Crippen LogP contribution is -2.30. The van der Waals surface area contributed by atoms with Gasteiger partial charge in [-0.25, -0.2) is 0 Å². The summed E-state index contributed by atoms with van der Waals surface area (Å²) in [4.78, 5) is 27.7. The molecule has 0 unspecified atom stereocenters. The summed E-state index contributed by atoms with van der Waals surface area (Å²) in [6, 6.07) is 16.0. The third kappa shape index (κ3) is 3.34. The lowest BCUT2D eigenvalue weighted by molar-refractivity contribution is -0.384. The monoisotopic (exact) mass is 412 g/mol. The minimum atomic E-state index is -0.756. The number of pyridine rings is 1. The molecule has 9 nitrogen and oxygen atoms in total. The fourth-order valence-corrected chi connectivity index (χ4v) is 3.93. The van der Waals surface area contributed by atoms with Crippen LogP contribution < -0.4 is 16.2 Å². The zero-order valence-corrected chi connectivity index (χ0v) is 16.3. The summed E-state index contributed by atoms with van der Waals surface area (Å²) in [5.74, 6) is -0.194. The van der Waals surface area contributed by atoms with Gasteiger partial charge in [-0.05, 0) is 29.2 Å². The number of H-pyrrole nitrogens is 1. The summed E-state index contributed by atoms with van der Waals surface area (Å²) in [5.41, 5.74) is 7.34. The SMILES string of the molecule is N#Cc1c(N)[nH]c(=O)c(C#N)c1-c1ccc(N2CCc3ccccc3C2)c([N+](=O)[O-])c1. The number of aromatic amines is 1. The Bertz CT molecular complexity index is 1360. The quantitative estimate of drug-likeness (QED) is 0.495. The second kappa shape index (κ2) is 7.65. The summed E-state index contributed by atoms with van der Waals surface area (Å²) in [6.07, 6.45) is 0.761. The van der Waals surface area contributed by atoms with Crippen molar-refractivity contribution in [1.29, 1.82) is 10.5 Å². The summed E-state index contributed by atoms with van der Waals surface area (Å²) in [6.45, 7) is 1.14. The number of hydrogen-bond donors (Lipinski definition) is 2. The number of anilines is 2. The molecule has 0 bridgehead atoms. The van der Waals surface area contributed by atoms with Crippen molar-refractivity contribution in [2.75, 3.05) is 17.2 Å². The first-order valence-corrected chi connectivity index (χ1v) is 9.41. The largest absolute Gasteiger partial charge is 0.384 e. The standard InChI is InChI=1S/C22H16N6O3/c23-10-16-20(17(11-24)22(29)26-21(16)25)14-5-6-18(19(9-14)28(30)31)27-8-7-13-3-1-2-4-15(13)12-27/h1-6,9H,7-8,12H2,(H3,25,26,29). The number of nitrogens with one attached hydrogen (secondary N) is 1. The minimum absolute atomic E-state index is 0.00936. The molecule has 0 spiro atoms. The van der Waals surface area contributed by atoms with Crippen LogP contribution in [0.25, 0.3) is 11.1 Å².